The minimum Gasteiger partial charge on any atom is -0.461 e. The van der Waals surface area contributed by atoms with Crippen LogP contribution >= 0.6 is 0 Å². The van der Waals surface area contributed by atoms with E-state index in [1.807, 2.05) is 0 Å². The summed E-state index contributed by atoms with van der Waals surface area (Å²) in [5, 5.41) is 30.2. The molecule has 0 aliphatic heterocycles. The van der Waals surface area contributed by atoms with Gasteiger partial charge in [-0.1, -0.05) is 13.8 Å². The summed E-state index contributed by atoms with van der Waals surface area (Å²) in [5.41, 5.74) is -1.73. The Morgan fingerprint density at radius 2 is 1.79 bits per heavy atom. The Kier molecular flexibility index (Phi) is 4.94. The van der Waals surface area contributed by atoms with Gasteiger partial charge in [0.2, 0.25) is 0 Å². The van der Waals surface area contributed by atoms with Crippen molar-refractivity contribution < 1.29 is 19.7 Å². The minimum absolute atomic E-state index is 0.134. The zero-order chi connectivity index (χ0) is 20.3. The van der Waals surface area contributed by atoms with E-state index >= 15 is 0 Å². The summed E-state index contributed by atoms with van der Waals surface area (Å²) in [6.07, 6.45) is 8.44. The topological polar surface area (TPSA) is 90.6 Å². The molecule has 1 unspecified atom stereocenters. The number of esters is 1. The first kappa shape index (κ1) is 20.3. The zero-order valence-electron chi connectivity index (χ0n) is 17.7. The lowest BCUT2D eigenvalue weighted by Gasteiger charge is -2.61. The quantitative estimate of drug-likeness (QED) is 0.505. The number of carbonyl (C=O) groups excluding carboxylic acids is 1. The molecule has 0 spiro atoms. The fourth-order valence-corrected chi connectivity index (χ4v) is 8.03. The van der Waals surface area contributed by atoms with Gasteiger partial charge >= 0.3 is 5.97 Å². The smallest absolute Gasteiger partial charge is 0.355 e. The molecule has 28 heavy (non-hydrogen) atoms. The van der Waals surface area contributed by atoms with Crippen molar-refractivity contribution in [2.45, 2.75) is 90.3 Å². The highest BCUT2D eigenvalue weighted by Gasteiger charge is 2.66. The van der Waals surface area contributed by atoms with Crippen LogP contribution in [0.5, 0.6) is 0 Å². The predicted octanol–water partition coefficient (Wildman–Crippen LogP) is 3.70. The van der Waals surface area contributed by atoms with E-state index < -0.39 is 17.0 Å². The van der Waals surface area contributed by atoms with Crippen molar-refractivity contribution in [1.82, 2.24) is 0 Å². The van der Waals surface area contributed by atoms with Crippen molar-refractivity contribution in [3.05, 3.63) is 0 Å². The number of fused-ring (bicyclic) bond motifs is 5. The number of carbonyl (C=O) groups is 1. The van der Waals surface area contributed by atoms with Gasteiger partial charge in [-0.25, -0.2) is 4.79 Å². The second-order valence-electron chi connectivity index (χ2n) is 10.5. The largest absolute Gasteiger partial charge is 0.461 e. The van der Waals surface area contributed by atoms with Crippen molar-refractivity contribution >= 4 is 11.7 Å². The highest BCUT2D eigenvalue weighted by Crippen LogP contribution is 2.68. The first-order valence-corrected chi connectivity index (χ1v) is 11.3. The van der Waals surface area contributed by atoms with Crippen molar-refractivity contribution in [3.8, 4) is 0 Å². The van der Waals surface area contributed by atoms with Gasteiger partial charge in [-0.2, -0.15) is 0 Å². The van der Waals surface area contributed by atoms with Gasteiger partial charge in [-0.3, -0.25) is 5.41 Å². The standard InChI is InChI=1S/C23H37NO4/c1-4-28-20(26)19(24)23(27)12-9-18-16-6-5-14-13-15(25)7-10-21(14,2)17(16)8-11-22(18,23)3/h14-18,24-25,27H,4-13H2,1-3H3/t14-,15-,16+,17-,18-,21-,22-,23?/m0/s1. The second kappa shape index (κ2) is 6.80. The van der Waals surface area contributed by atoms with E-state index in [1.165, 1.54) is 0 Å². The molecule has 0 aromatic heterocycles. The summed E-state index contributed by atoms with van der Waals surface area (Å²) >= 11 is 0. The van der Waals surface area contributed by atoms with Gasteiger partial charge in [0.1, 0.15) is 11.3 Å². The molecule has 8 atom stereocenters. The summed E-state index contributed by atoms with van der Waals surface area (Å²) in [6, 6.07) is 0. The van der Waals surface area contributed by atoms with Gasteiger partial charge in [0.25, 0.3) is 0 Å². The van der Waals surface area contributed by atoms with Crippen LogP contribution in [0.2, 0.25) is 0 Å². The summed E-state index contributed by atoms with van der Waals surface area (Å²) < 4.78 is 5.06. The lowest BCUT2D eigenvalue weighted by Crippen LogP contribution is -2.59. The predicted molar refractivity (Wildman–Crippen MR) is 107 cm³/mol. The number of aliphatic hydroxyl groups is 2. The minimum atomic E-state index is -1.37. The summed E-state index contributed by atoms with van der Waals surface area (Å²) in [6.45, 7) is 6.53. The van der Waals surface area contributed by atoms with E-state index in [2.05, 4.69) is 13.8 Å². The third-order valence-corrected chi connectivity index (χ3v) is 9.68. The molecule has 4 aliphatic rings. The van der Waals surface area contributed by atoms with Crippen molar-refractivity contribution in [1.29, 1.82) is 5.41 Å². The molecule has 4 rings (SSSR count). The molecule has 0 amide bonds. The molecule has 3 N–H and O–H groups in total. The van der Waals surface area contributed by atoms with Gasteiger partial charge in [-0.15, -0.1) is 0 Å². The Labute approximate surface area is 168 Å². The summed E-state index contributed by atoms with van der Waals surface area (Å²) in [4.78, 5) is 12.3. The van der Waals surface area contributed by atoms with E-state index in [0.717, 1.165) is 51.4 Å². The molecular formula is C23H37NO4. The maximum absolute atomic E-state index is 12.3. The normalized spacial score (nSPS) is 50.2. The first-order chi connectivity index (χ1) is 13.2. The Morgan fingerprint density at radius 3 is 2.50 bits per heavy atom. The fourth-order valence-electron chi connectivity index (χ4n) is 8.03. The first-order valence-electron chi connectivity index (χ1n) is 11.3. The van der Waals surface area contributed by atoms with Crippen molar-refractivity contribution in [3.63, 3.8) is 0 Å². The Morgan fingerprint density at radius 1 is 1.07 bits per heavy atom. The van der Waals surface area contributed by atoms with E-state index in [4.69, 9.17) is 10.1 Å². The van der Waals surface area contributed by atoms with Crippen LogP contribution in [0.15, 0.2) is 0 Å². The van der Waals surface area contributed by atoms with Crippen molar-refractivity contribution in [2.24, 2.45) is 34.5 Å². The zero-order valence-corrected chi connectivity index (χ0v) is 17.7. The highest BCUT2D eigenvalue weighted by atomic mass is 16.5. The summed E-state index contributed by atoms with van der Waals surface area (Å²) in [5.74, 6) is 1.50. The molecule has 5 heteroatoms. The van der Waals surface area contributed by atoms with Crippen LogP contribution in [0, 0.1) is 39.9 Å². The summed E-state index contributed by atoms with van der Waals surface area (Å²) in [7, 11) is 0. The SMILES string of the molecule is CCOC(=O)C(=N)C1(O)CC[C@H]2[C@@H]3CC[C@H]4C[C@@H](O)CC[C@]4(C)[C@H]3CC[C@@]21C. The molecule has 5 nitrogen and oxygen atoms in total. The van der Waals surface area contributed by atoms with Crippen LogP contribution in [0.3, 0.4) is 0 Å². The third kappa shape index (κ3) is 2.64. The van der Waals surface area contributed by atoms with Crippen LogP contribution < -0.4 is 0 Å². The second-order valence-corrected chi connectivity index (χ2v) is 10.5. The number of ether oxygens (including phenoxy) is 1. The molecule has 0 aromatic carbocycles. The van der Waals surface area contributed by atoms with Crippen molar-refractivity contribution in [2.75, 3.05) is 6.61 Å². The van der Waals surface area contributed by atoms with Crippen LogP contribution in [0.25, 0.3) is 0 Å². The lowest BCUT2D eigenvalue weighted by molar-refractivity contribution is -0.148. The molecule has 0 aromatic rings. The molecule has 0 saturated heterocycles. The highest BCUT2D eigenvalue weighted by molar-refractivity contribution is 6.38. The maximum atomic E-state index is 12.3. The van der Waals surface area contributed by atoms with Gasteiger partial charge in [0.15, 0.2) is 0 Å². The Balaban J connectivity index is 1.60. The molecular weight excluding hydrogens is 354 g/mol. The fraction of sp³-hybridized carbons (Fsp3) is 0.913. The van der Waals surface area contributed by atoms with Crippen LogP contribution in [0.1, 0.15) is 78.6 Å². The Hall–Kier alpha value is -0.940. The number of rotatable bonds is 3. The number of hydrogen-bond donors (Lipinski definition) is 3. The van der Waals surface area contributed by atoms with E-state index in [9.17, 15) is 15.0 Å². The number of aliphatic hydroxyl groups excluding tert-OH is 1. The molecule has 0 radical (unpaired) electrons. The van der Waals surface area contributed by atoms with E-state index in [1.54, 1.807) is 6.92 Å². The van der Waals surface area contributed by atoms with E-state index in [-0.39, 0.29) is 18.4 Å². The molecule has 0 heterocycles. The van der Waals surface area contributed by atoms with Crippen LogP contribution in [-0.4, -0.2) is 40.2 Å². The Bertz CT molecular complexity index is 665. The number of hydrogen-bond acceptors (Lipinski definition) is 5. The molecule has 4 saturated carbocycles. The van der Waals surface area contributed by atoms with Gasteiger partial charge in [0, 0.05) is 5.41 Å². The molecule has 0 bridgehead atoms. The average molecular weight is 392 g/mol. The molecule has 4 aliphatic carbocycles. The maximum Gasteiger partial charge on any atom is 0.355 e. The van der Waals surface area contributed by atoms with Gasteiger partial charge < -0.3 is 14.9 Å². The van der Waals surface area contributed by atoms with Crippen LogP contribution in [-0.2, 0) is 9.53 Å². The monoisotopic (exact) mass is 391 g/mol. The van der Waals surface area contributed by atoms with Gasteiger partial charge in [0.05, 0.1) is 12.7 Å². The van der Waals surface area contributed by atoms with Gasteiger partial charge in [-0.05, 0) is 93.8 Å². The van der Waals surface area contributed by atoms with E-state index in [0.29, 0.717) is 35.5 Å². The van der Waals surface area contributed by atoms with Crippen LogP contribution in [0.4, 0.5) is 0 Å². The lowest BCUT2D eigenvalue weighted by atomic mass is 9.44. The number of nitrogens with one attached hydrogen (secondary N) is 1. The average Bonchev–Trinajstić information content (AvgIpc) is 2.94. The molecule has 158 valence electrons. The third-order valence-electron chi connectivity index (χ3n) is 9.68. The molecule has 4 fully saturated rings.